The molecule has 1 aliphatic carbocycles. The van der Waals surface area contributed by atoms with E-state index in [2.05, 4.69) is 22.0 Å². The van der Waals surface area contributed by atoms with Crippen LogP contribution in [0.2, 0.25) is 5.02 Å². The van der Waals surface area contributed by atoms with Gasteiger partial charge in [0.25, 0.3) is 0 Å². The van der Waals surface area contributed by atoms with Crippen LogP contribution >= 0.6 is 61.8 Å². The predicted octanol–water partition coefficient (Wildman–Crippen LogP) is 6.43. The third-order valence-corrected chi connectivity index (χ3v) is 7.75. The standard InChI is InChI=1S/C13H11BrCl2S2/c14-13-8(15)6-11(18-13)12(16)10-5-7-3-1-2-4-9(7)17-10/h5-6,12H,1-4H2. The molecule has 5 heteroatoms. The minimum absolute atomic E-state index is 0.0607. The van der Waals surface area contributed by atoms with Gasteiger partial charge in [-0.25, -0.2) is 0 Å². The lowest BCUT2D eigenvalue weighted by molar-refractivity contribution is 0.697. The highest BCUT2D eigenvalue weighted by Crippen LogP contribution is 2.43. The summed E-state index contributed by atoms with van der Waals surface area (Å²) in [6.07, 6.45) is 5.06. The van der Waals surface area contributed by atoms with Gasteiger partial charge in [0, 0.05) is 14.6 Å². The Morgan fingerprint density at radius 2 is 1.83 bits per heavy atom. The molecule has 1 unspecified atom stereocenters. The van der Waals surface area contributed by atoms with Crippen LogP contribution < -0.4 is 0 Å². The highest BCUT2D eigenvalue weighted by Gasteiger charge is 2.21. The van der Waals surface area contributed by atoms with Gasteiger partial charge in [-0.1, -0.05) is 11.6 Å². The summed E-state index contributed by atoms with van der Waals surface area (Å²) in [5, 5.41) is 0.691. The number of hydrogen-bond donors (Lipinski definition) is 0. The van der Waals surface area contributed by atoms with Gasteiger partial charge in [0.2, 0.25) is 0 Å². The van der Waals surface area contributed by atoms with E-state index < -0.39 is 0 Å². The Morgan fingerprint density at radius 1 is 1.11 bits per heavy atom. The third-order valence-electron chi connectivity index (χ3n) is 3.18. The molecule has 0 N–H and O–H groups in total. The van der Waals surface area contributed by atoms with Crippen LogP contribution in [0.25, 0.3) is 0 Å². The van der Waals surface area contributed by atoms with E-state index >= 15 is 0 Å². The van der Waals surface area contributed by atoms with Gasteiger partial charge in [-0.15, -0.1) is 34.3 Å². The largest absolute Gasteiger partial charge is 0.143 e. The van der Waals surface area contributed by atoms with Crippen molar-refractivity contribution < 1.29 is 0 Å². The fourth-order valence-corrected chi connectivity index (χ4v) is 5.73. The van der Waals surface area contributed by atoms with Gasteiger partial charge >= 0.3 is 0 Å². The first-order chi connectivity index (χ1) is 8.65. The molecule has 18 heavy (non-hydrogen) atoms. The molecule has 0 bridgehead atoms. The first-order valence-corrected chi connectivity index (χ1v) is 9.09. The van der Waals surface area contributed by atoms with Crippen molar-refractivity contribution in [2.75, 3.05) is 0 Å². The summed E-state index contributed by atoms with van der Waals surface area (Å²) >= 11 is 19.6. The highest BCUT2D eigenvalue weighted by atomic mass is 79.9. The van der Waals surface area contributed by atoms with E-state index in [4.69, 9.17) is 23.2 Å². The van der Waals surface area contributed by atoms with E-state index in [1.165, 1.54) is 41.0 Å². The molecule has 0 spiro atoms. The zero-order valence-electron chi connectivity index (χ0n) is 9.51. The average molecular weight is 382 g/mol. The van der Waals surface area contributed by atoms with Crippen molar-refractivity contribution in [2.24, 2.45) is 0 Å². The van der Waals surface area contributed by atoms with Crippen LogP contribution in [-0.4, -0.2) is 0 Å². The average Bonchev–Trinajstić information content (AvgIpc) is 2.93. The smallest absolute Gasteiger partial charge is 0.102 e. The Hall–Kier alpha value is 0.460. The number of rotatable bonds is 2. The van der Waals surface area contributed by atoms with E-state index in [1.807, 2.05) is 17.4 Å². The van der Waals surface area contributed by atoms with Crippen molar-refractivity contribution in [2.45, 2.75) is 31.1 Å². The summed E-state index contributed by atoms with van der Waals surface area (Å²) < 4.78 is 0.964. The molecule has 1 aliphatic rings. The van der Waals surface area contributed by atoms with Crippen LogP contribution in [0.15, 0.2) is 15.9 Å². The molecule has 3 rings (SSSR count). The van der Waals surface area contributed by atoms with Crippen LogP contribution in [-0.2, 0) is 12.8 Å². The maximum atomic E-state index is 6.58. The molecule has 0 saturated carbocycles. The number of halogens is 3. The van der Waals surface area contributed by atoms with Gasteiger partial charge < -0.3 is 0 Å². The van der Waals surface area contributed by atoms with E-state index in [9.17, 15) is 0 Å². The molecule has 0 aliphatic heterocycles. The van der Waals surface area contributed by atoms with E-state index in [1.54, 1.807) is 11.3 Å². The van der Waals surface area contributed by atoms with Crippen molar-refractivity contribution in [1.29, 1.82) is 0 Å². The van der Waals surface area contributed by atoms with Crippen molar-refractivity contribution >= 4 is 61.8 Å². The Kier molecular flexibility index (Phi) is 4.07. The number of alkyl halides is 1. The highest BCUT2D eigenvalue weighted by molar-refractivity contribution is 9.11. The molecule has 0 fully saturated rings. The van der Waals surface area contributed by atoms with Crippen molar-refractivity contribution in [3.05, 3.63) is 41.1 Å². The van der Waals surface area contributed by atoms with Crippen LogP contribution in [0.5, 0.6) is 0 Å². The second kappa shape index (κ2) is 5.45. The van der Waals surface area contributed by atoms with Crippen molar-refractivity contribution in [3.8, 4) is 0 Å². The Bertz CT molecular complexity index is 531. The molecule has 0 radical (unpaired) electrons. The number of thiophene rings is 2. The molecule has 2 aromatic heterocycles. The summed E-state index contributed by atoms with van der Waals surface area (Å²) in [7, 11) is 0. The first kappa shape index (κ1) is 13.4. The second-order valence-electron chi connectivity index (χ2n) is 4.44. The molecule has 0 aromatic carbocycles. The molecule has 2 heterocycles. The number of aryl methyl sites for hydroxylation is 2. The Morgan fingerprint density at radius 3 is 2.50 bits per heavy atom. The molecule has 1 atom stereocenters. The summed E-state index contributed by atoms with van der Waals surface area (Å²) in [5.74, 6) is 0. The summed E-state index contributed by atoms with van der Waals surface area (Å²) in [5.41, 5.74) is 1.51. The van der Waals surface area contributed by atoms with E-state index in [-0.39, 0.29) is 5.38 Å². The molecular formula is C13H11BrCl2S2. The van der Waals surface area contributed by atoms with Gasteiger partial charge in [-0.2, -0.15) is 0 Å². The summed E-state index contributed by atoms with van der Waals surface area (Å²) in [6, 6.07) is 4.25. The van der Waals surface area contributed by atoms with Crippen LogP contribution in [0.4, 0.5) is 0 Å². The molecular weight excluding hydrogens is 371 g/mol. The molecule has 96 valence electrons. The van der Waals surface area contributed by atoms with Crippen molar-refractivity contribution in [1.82, 2.24) is 0 Å². The lowest BCUT2D eigenvalue weighted by atomic mass is 9.99. The van der Waals surface area contributed by atoms with Crippen LogP contribution in [0.1, 0.15) is 38.4 Å². The fraction of sp³-hybridized carbons (Fsp3) is 0.385. The van der Waals surface area contributed by atoms with Crippen LogP contribution in [0, 0.1) is 0 Å². The third kappa shape index (κ3) is 2.53. The number of fused-ring (bicyclic) bond motifs is 1. The lowest BCUT2D eigenvalue weighted by Gasteiger charge is -2.08. The summed E-state index contributed by atoms with van der Waals surface area (Å²) in [4.78, 5) is 3.91. The fourth-order valence-electron chi connectivity index (χ4n) is 2.27. The minimum Gasteiger partial charge on any atom is -0.143 e. The Balaban J connectivity index is 1.92. The molecule has 0 nitrogen and oxygen atoms in total. The molecule has 0 saturated heterocycles. The van der Waals surface area contributed by atoms with Gasteiger partial charge in [0.1, 0.15) is 5.38 Å². The second-order valence-corrected chi connectivity index (χ2v) is 8.85. The first-order valence-electron chi connectivity index (χ1n) is 5.85. The van der Waals surface area contributed by atoms with Gasteiger partial charge in [0.05, 0.1) is 8.81 Å². The quantitative estimate of drug-likeness (QED) is 0.525. The SMILES string of the molecule is Clc1cc(C(Cl)c2cc3c(s2)CCCC3)sc1Br. The number of hydrogen-bond acceptors (Lipinski definition) is 2. The van der Waals surface area contributed by atoms with E-state index in [0.717, 1.165) is 13.7 Å². The maximum Gasteiger partial charge on any atom is 0.102 e. The summed E-state index contributed by atoms with van der Waals surface area (Å²) in [6.45, 7) is 0. The van der Waals surface area contributed by atoms with E-state index in [0.29, 0.717) is 0 Å². The minimum atomic E-state index is -0.0607. The van der Waals surface area contributed by atoms with Gasteiger partial charge in [-0.3, -0.25) is 0 Å². The van der Waals surface area contributed by atoms with Crippen LogP contribution in [0.3, 0.4) is 0 Å². The van der Waals surface area contributed by atoms with Crippen molar-refractivity contribution in [3.63, 3.8) is 0 Å². The normalized spacial score (nSPS) is 16.6. The lowest BCUT2D eigenvalue weighted by Crippen LogP contribution is -1.96. The Labute approximate surface area is 133 Å². The molecule has 0 amide bonds. The van der Waals surface area contributed by atoms with Gasteiger partial charge in [-0.05, 0) is 59.3 Å². The monoisotopic (exact) mass is 380 g/mol. The molecule has 2 aromatic rings. The zero-order chi connectivity index (χ0) is 12.7. The maximum absolute atomic E-state index is 6.58. The van der Waals surface area contributed by atoms with Gasteiger partial charge in [0.15, 0.2) is 0 Å². The zero-order valence-corrected chi connectivity index (χ0v) is 14.2. The predicted molar refractivity (Wildman–Crippen MR) is 85.7 cm³/mol. The topological polar surface area (TPSA) is 0 Å².